The number of nitrogens with zero attached hydrogens (tertiary/aromatic N) is 3. The van der Waals surface area contributed by atoms with Crippen molar-refractivity contribution in [1.82, 2.24) is 14.4 Å². The molecule has 3 aromatic heterocycles. The summed E-state index contributed by atoms with van der Waals surface area (Å²) < 4.78 is 1.93. The predicted molar refractivity (Wildman–Crippen MR) is 61.0 cm³/mol. The van der Waals surface area contributed by atoms with Crippen molar-refractivity contribution in [2.24, 2.45) is 0 Å². The third-order valence-corrected chi connectivity index (χ3v) is 3.25. The van der Waals surface area contributed by atoms with Crippen molar-refractivity contribution in [3.63, 3.8) is 0 Å². The van der Waals surface area contributed by atoms with Crippen LogP contribution in [0.5, 0.6) is 0 Å². The van der Waals surface area contributed by atoms with Gasteiger partial charge < -0.3 is 0 Å². The SMILES string of the molecule is Cc1ccc(-c2cn3cccnc3n2)s1. The van der Waals surface area contributed by atoms with Crippen LogP contribution >= 0.6 is 11.3 Å². The van der Waals surface area contributed by atoms with Crippen LogP contribution in [0.3, 0.4) is 0 Å². The highest BCUT2D eigenvalue weighted by molar-refractivity contribution is 7.15. The second kappa shape index (κ2) is 3.17. The number of aromatic nitrogens is 3. The minimum absolute atomic E-state index is 0.749. The first-order valence-corrected chi connectivity index (χ1v) is 5.51. The van der Waals surface area contributed by atoms with E-state index in [9.17, 15) is 0 Å². The van der Waals surface area contributed by atoms with E-state index < -0.39 is 0 Å². The topological polar surface area (TPSA) is 30.2 Å². The standard InChI is InChI=1S/C11H9N3S/c1-8-3-4-10(15-8)9-7-14-6-2-5-12-11(14)13-9/h2-7H,1H3. The molecular formula is C11H9N3S. The number of rotatable bonds is 1. The maximum Gasteiger partial charge on any atom is 0.234 e. The molecule has 0 bridgehead atoms. The number of hydrogen-bond donors (Lipinski definition) is 0. The van der Waals surface area contributed by atoms with Gasteiger partial charge in [0.15, 0.2) is 0 Å². The van der Waals surface area contributed by atoms with Crippen LogP contribution in [0, 0.1) is 6.92 Å². The second-order valence-corrected chi connectivity index (χ2v) is 4.65. The van der Waals surface area contributed by atoms with Crippen molar-refractivity contribution in [2.45, 2.75) is 6.92 Å². The van der Waals surface area contributed by atoms with Gasteiger partial charge in [-0.1, -0.05) is 0 Å². The van der Waals surface area contributed by atoms with Gasteiger partial charge in [0.05, 0.1) is 4.88 Å². The fraction of sp³-hybridized carbons (Fsp3) is 0.0909. The average Bonchev–Trinajstić information content (AvgIpc) is 2.82. The van der Waals surface area contributed by atoms with E-state index in [-0.39, 0.29) is 0 Å². The van der Waals surface area contributed by atoms with Crippen molar-refractivity contribution in [2.75, 3.05) is 0 Å². The van der Waals surface area contributed by atoms with Gasteiger partial charge in [0.25, 0.3) is 0 Å². The normalized spacial score (nSPS) is 11.0. The summed E-state index contributed by atoms with van der Waals surface area (Å²) >= 11 is 1.75. The second-order valence-electron chi connectivity index (χ2n) is 3.36. The molecule has 0 saturated carbocycles. The van der Waals surface area contributed by atoms with Gasteiger partial charge in [-0.05, 0) is 25.1 Å². The van der Waals surface area contributed by atoms with E-state index in [0.717, 1.165) is 11.5 Å². The van der Waals surface area contributed by atoms with Crippen molar-refractivity contribution < 1.29 is 0 Å². The first kappa shape index (κ1) is 8.61. The molecule has 4 heteroatoms. The summed E-state index contributed by atoms with van der Waals surface area (Å²) in [6.07, 6.45) is 5.72. The molecule has 3 nitrogen and oxygen atoms in total. The summed E-state index contributed by atoms with van der Waals surface area (Å²) in [5.41, 5.74) is 0.992. The van der Waals surface area contributed by atoms with E-state index in [1.165, 1.54) is 9.75 Å². The highest BCUT2D eigenvalue weighted by atomic mass is 32.1. The van der Waals surface area contributed by atoms with Crippen LogP contribution in [-0.2, 0) is 0 Å². The third-order valence-electron chi connectivity index (χ3n) is 2.23. The highest BCUT2D eigenvalue weighted by Gasteiger charge is 2.05. The van der Waals surface area contributed by atoms with Gasteiger partial charge in [0.2, 0.25) is 5.78 Å². The summed E-state index contributed by atoms with van der Waals surface area (Å²) in [6, 6.07) is 6.11. The lowest BCUT2D eigenvalue weighted by Gasteiger charge is -1.86. The fourth-order valence-corrected chi connectivity index (χ4v) is 2.34. The van der Waals surface area contributed by atoms with E-state index in [4.69, 9.17) is 0 Å². The van der Waals surface area contributed by atoms with E-state index in [0.29, 0.717) is 0 Å². The zero-order valence-corrected chi connectivity index (χ0v) is 9.03. The number of thiophene rings is 1. The maximum atomic E-state index is 4.46. The van der Waals surface area contributed by atoms with E-state index in [2.05, 4.69) is 29.0 Å². The molecule has 15 heavy (non-hydrogen) atoms. The molecule has 3 heterocycles. The van der Waals surface area contributed by atoms with Crippen LogP contribution in [0.1, 0.15) is 4.88 Å². The van der Waals surface area contributed by atoms with Gasteiger partial charge in [0.1, 0.15) is 5.69 Å². The Kier molecular flexibility index (Phi) is 1.82. The molecule has 0 fully saturated rings. The molecule has 74 valence electrons. The van der Waals surface area contributed by atoms with Crippen molar-refractivity contribution in [1.29, 1.82) is 0 Å². The van der Waals surface area contributed by atoms with Crippen molar-refractivity contribution >= 4 is 17.1 Å². The Bertz CT molecular complexity index is 576. The third kappa shape index (κ3) is 1.43. The molecule has 0 aliphatic heterocycles. The van der Waals surface area contributed by atoms with Gasteiger partial charge in [-0.2, -0.15) is 0 Å². The molecule has 0 atom stereocenters. The summed E-state index contributed by atoms with van der Waals surface area (Å²) in [4.78, 5) is 11.1. The van der Waals surface area contributed by atoms with Crippen LogP contribution in [0.4, 0.5) is 0 Å². The van der Waals surface area contributed by atoms with Crippen molar-refractivity contribution in [3.05, 3.63) is 41.7 Å². The van der Waals surface area contributed by atoms with Crippen LogP contribution in [-0.4, -0.2) is 14.4 Å². The van der Waals surface area contributed by atoms with Gasteiger partial charge >= 0.3 is 0 Å². The minimum atomic E-state index is 0.749. The summed E-state index contributed by atoms with van der Waals surface area (Å²) in [7, 11) is 0. The average molecular weight is 215 g/mol. The molecule has 0 amide bonds. The molecule has 0 unspecified atom stereocenters. The Morgan fingerprint density at radius 1 is 1.33 bits per heavy atom. The largest absolute Gasteiger partial charge is 0.290 e. The molecular weight excluding hydrogens is 206 g/mol. The zero-order chi connectivity index (χ0) is 10.3. The lowest BCUT2D eigenvalue weighted by molar-refractivity contribution is 1.11. The molecule has 3 aromatic rings. The van der Waals surface area contributed by atoms with Gasteiger partial charge in [0, 0.05) is 23.5 Å². The van der Waals surface area contributed by atoms with E-state index in [1.807, 2.05) is 22.9 Å². The molecule has 0 N–H and O–H groups in total. The molecule has 0 saturated heterocycles. The van der Waals surface area contributed by atoms with Gasteiger partial charge in [-0.3, -0.25) is 4.40 Å². The maximum absolute atomic E-state index is 4.46. The Labute approximate surface area is 91.1 Å². The Morgan fingerprint density at radius 3 is 3.00 bits per heavy atom. The minimum Gasteiger partial charge on any atom is -0.290 e. The lowest BCUT2D eigenvalue weighted by Crippen LogP contribution is -1.82. The summed E-state index contributed by atoms with van der Waals surface area (Å²) in [5.74, 6) is 0.749. The van der Waals surface area contributed by atoms with Crippen LogP contribution < -0.4 is 0 Å². The molecule has 0 spiro atoms. The monoisotopic (exact) mass is 215 g/mol. The quantitative estimate of drug-likeness (QED) is 0.624. The first-order chi connectivity index (χ1) is 7.33. The number of fused-ring (bicyclic) bond motifs is 1. The highest BCUT2D eigenvalue weighted by Crippen LogP contribution is 2.26. The predicted octanol–water partition coefficient (Wildman–Crippen LogP) is 2.77. The first-order valence-electron chi connectivity index (χ1n) is 4.69. The number of aryl methyl sites for hydroxylation is 1. The zero-order valence-electron chi connectivity index (χ0n) is 8.21. The van der Waals surface area contributed by atoms with Crippen molar-refractivity contribution in [3.8, 4) is 10.6 Å². The Balaban J connectivity index is 2.19. The fourth-order valence-electron chi connectivity index (χ4n) is 1.52. The van der Waals surface area contributed by atoms with Gasteiger partial charge in [-0.15, -0.1) is 11.3 Å². The van der Waals surface area contributed by atoms with Gasteiger partial charge in [-0.25, -0.2) is 9.97 Å². The molecule has 0 aromatic carbocycles. The van der Waals surface area contributed by atoms with E-state index in [1.54, 1.807) is 17.5 Å². The summed E-state index contributed by atoms with van der Waals surface area (Å²) in [6.45, 7) is 2.10. The molecule has 0 radical (unpaired) electrons. The lowest BCUT2D eigenvalue weighted by atomic mass is 10.4. The van der Waals surface area contributed by atoms with Crippen LogP contribution in [0.25, 0.3) is 16.3 Å². The smallest absolute Gasteiger partial charge is 0.234 e. The summed E-state index contributed by atoms with van der Waals surface area (Å²) in [5, 5.41) is 0. The molecule has 0 aliphatic carbocycles. The number of hydrogen-bond acceptors (Lipinski definition) is 3. The van der Waals surface area contributed by atoms with E-state index >= 15 is 0 Å². The Morgan fingerprint density at radius 2 is 2.27 bits per heavy atom. The number of imidazole rings is 1. The van der Waals surface area contributed by atoms with Crippen LogP contribution in [0.15, 0.2) is 36.8 Å². The Hall–Kier alpha value is -1.68. The molecule has 3 rings (SSSR count). The molecule has 0 aliphatic rings. The van der Waals surface area contributed by atoms with Crippen LogP contribution in [0.2, 0.25) is 0 Å².